The van der Waals surface area contributed by atoms with Gasteiger partial charge >= 0.3 is 0 Å². The molecule has 1 aromatic carbocycles. The van der Waals surface area contributed by atoms with Crippen LogP contribution in [0, 0.1) is 0 Å². The Labute approximate surface area is 87.6 Å². The van der Waals surface area contributed by atoms with Gasteiger partial charge in [-0.25, -0.2) is 0 Å². The number of primary amides is 1. The van der Waals surface area contributed by atoms with Gasteiger partial charge < -0.3 is 5.73 Å². The second-order valence-electron chi connectivity index (χ2n) is 2.26. The van der Waals surface area contributed by atoms with E-state index in [-0.39, 0.29) is 5.91 Å². The molecule has 4 heteroatoms. The molecular weight excluding hydrogens is 209 g/mol. The van der Waals surface area contributed by atoms with Gasteiger partial charge in [0.1, 0.15) is 0 Å². The minimum atomic E-state index is -0.245. The molecule has 1 amide bonds. The Morgan fingerprint density at radius 3 is 1.62 bits per heavy atom. The largest absolute Gasteiger partial charge is 0.370 e. The number of halogens is 2. The predicted octanol–water partition coefficient (Wildman–Crippen LogP) is 2.88. The van der Waals surface area contributed by atoms with Crippen molar-refractivity contribution in [2.24, 2.45) is 5.73 Å². The monoisotopic (exact) mass is 219 g/mol. The molecule has 0 aliphatic rings. The molecule has 2 nitrogen and oxygen atoms in total. The van der Waals surface area contributed by atoms with Crippen LogP contribution >= 0.6 is 23.2 Å². The van der Waals surface area contributed by atoms with Gasteiger partial charge in [-0.15, -0.1) is 0 Å². The molecular formula is C9H11Cl2NO. The van der Waals surface area contributed by atoms with Gasteiger partial charge in [0, 0.05) is 16.5 Å². The number of carbonyl (C=O) groups is 1. The summed E-state index contributed by atoms with van der Waals surface area (Å²) in [6.07, 6.45) is 0.444. The summed E-state index contributed by atoms with van der Waals surface area (Å²) in [6, 6.07) is 7.02. The summed E-state index contributed by atoms with van der Waals surface area (Å²) >= 11 is 11.1. The van der Waals surface area contributed by atoms with E-state index in [2.05, 4.69) is 5.73 Å². The molecule has 0 saturated heterocycles. The Kier molecular flexibility index (Phi) is 6.37. The molecule has 0 atom stereocenters. The second-order valence-corrected chi connectivity index (χ2v) is 3.13. The number of carbonyl (C=O) groups excluding carboxylic acids is 1. The lowest BCUT2D eigenvalue weighted by Gasteiger charge is -1.86. The number of nitrogens with two attached hydrogens (primary N) is 1. The van der Waals surface area contributed by atoms with E-state index in [1.54, 1.807) is 31.2 Å². The lowest BCUT2D eigenvalue weighted by Crippen LogP contribution is -2.06. The first kappa shape index (κ1) is 12.3. The van der Waals surface area contributed by atoms with Crippen LogP contribution in [0.4, 0.5) is 0 Å². The highest BCUT2D eigenvalue weighted by Gasteiger charge is 1.83. The standard InChI is InChI=1S/C6H4Cl2.C3H7NO/c7-5-1-2-6(8)4-3-5;1-2-3(4)5/h1-4H;2H2,1H3,(H2,4,5). The molecule has 0 saturated carbocycles. The van der Waals surface area contributed by atoms with Gasteiger partial charge in [0.25, 0.3) is 0 Å². The molecule has 1 aromatic rings. The maximum Gasteiger partial charge on any atom is 0.217 e. The van der Waals surface area contributed by atoms with Gasteiger partial charge in [-0.1, -0.05) is 30.1 Å². The number of hydrogen-bond acceptors (Lipinski definition) is 1. The van der Waals surface area contributed by atoms with Crippen LogP contribution in [-0.2, 0) is 4.79 Å². The molecule has 0 unspecified atom stereocenters. The van der Waals surface area contributed by atoms with E-state index >= 15 is 0 Å². The number of rotatable bonds is 1. The molecule has 0 aromatic heterocycles. The van der Waals surface area contributed by atoms with Crippen LogP contribution in [0.15, 0.2) is 24.3 Å². The number of hydrogen-bond donors (Lipinski definition) is 1. The highest BCUT2D eigenvalue weighted by molar-refractivity contribution is 6.32. The molecule has 72 valence electrons. The second kappa shape index (κ2) is 6.75. The first-order chi connectivity index (χ1) is 6.06. The lowest BCUT2D eigenvalue weighted by atomic mass is 10.4. The maximum absolute atomic E-state index is 9.59. The van der Waals surface area contributed by atoms with Crippen molar-refractivity contribution in [2.45, 2.75) is 13.3 Å². The summed E-state index contributed by atoms with van der Waals surface area (Å²) in [5.74, 6) is -0.245. The Morgan fingerprint density at radius 1 is 1.23 bits per heavy atom. The van der Waals surface area contributed by atoms with Gasteiger partial charge in [-0.2, -0.15) is 0 Å². The third-order valence-corrected chi connectivity index (χ3v) is 1.66. The third kappa shape index (κ3) is 7.62. The Morgan fingerprint density at radius 2 is 1.46 bits per heavy atom. The molecule has 0 aliphatic heterocycles. The van der Waals surface area contributed by atoms with Crippen molar-refractivity contribution in [3.05, 3.63) is 34.3 Å². The zero-order valence-electron chi connectivity index (χ0n) is 7.26. The summed E-state index contributed by atoms with van der Waals surface area (Å²) in [5, 5.41) is 1.43. The van der Waals surface area contributed by atoms with Crippen molar-refractivity contribution in [3.63, 3.8) is 0 Å². The topological polar surface area (TPSA) is 43.1 Å². The molecule has 2 N–H and O–H groups in total. The fraction of sp³-hybridized carbons (Fsp3) is 0.222. The average Bonchev–Trinajstić information content (AvgIpc) is 2.11. The van der Waals surface area contributed by atoms with E-state index < -0.39 is 0 Å². The zero-order chi connectivity index (χ0) is 10.3. The molecule has 13 heavy (non-hydrogen) atoms. The van der Waals surface area contributed by atoms with Crippen LogP contribution in [0.25, 0.3) is 0 Å². The number of amides is 1. The van der Waals surface area contributed by atoms with Gasteiger partial charge in [-0.05, 0) is 24.3 Å². The van der Waals surface area contributed by atoms with E-state index in [4.69, 9.17) is 23.2 Å². The average molecular weight is 220 g/mol. The quantitative estimate of drug-likeness (QED) is 0.776. The molecule has 0 aliphatic carbocycles. The fourth-order valence-corrected chi connectivity index (χ4v) is 0.682. The Balaban J connectivity index is 0.000000252. The summed E-state index contributed by atoms with van der Waals surface area (Å²) < 4.78 is 0. The van der Waals surface area contributed by atoms with Crippen molar-refractivity contribution < 1.29 is 4.79 Å². The summed E-state index contributed by atoms with van der Waals surface area (Å²) in [7, 11) is 0. The molecule has 0 bridgehead atoms. The molecule has 0 radical (unpaired) electrons. The Bertz CT molecular complexity index is 238. The van der Waals surface area contributed by atoms with Gasteiger partial charge in [0.05, 0.1) is 0 Å². The highest BCUT2D eigenvalue weighted by Crippen LogP contribution is 2.12. The van der Waals surface area contributed by atoms with Crippen molar-refractivity contribution in [2.75, 3.05) is 0 Å². The lowest BCUT2D eigenvalue weighted by molar-refractivity contribution is -0.117. The van der Waals surface area contributed by atoms with E-state index in [9.17, 15) is 4.79 Å². The van der Waals surface area contributed by atoms with Crippen LogP contribution in [0.3, 0.4) is 0 Å². The summed E-state index contributed by atoms with van der Waals surface area (Å²) in [5.41, 5.74) is 4.65. The van der Waals surface area contributed by atoms with Crippen molar-refractivity contribution in [3.8, 4) is 0 Å². The van der Waals surface area contributed by atoms with Crippen LogP contribution < -0.4 is 5.73 Å². The van der Waals surface area contributed by atoms with Gasteiger partial charge in [0.15, 0.2) is 0 Å². The molecule has 0 heterocycles. The van der Waals surface area contributed by atoms with Crippen LogP contribution in [0.5, 0.6) is 0 Å². The van der Waals surface area contributed by atoms with Crippen molar-refractivity contribution in [1.29, 1.82) is 0 Å². The summed E-state index contributed by atoms with van der Waals surface area (Å²) in [6.45, 7) is 1.72. The van der Waals surface area contributed by atoms with E-state index in [0.717, 1.165) is 10.0 Å². The van der Waals surface area contributed by atoms with Crippen LogP contribution in [-0.4, -0.2) is 5.91 Å². The first-order valence-corrected chi connectivity index (χ1v) is 4.51. The molecule has 0 fully saturated rings. The maximum atomic E-state index is 9.59. The first-order valence-electron chi connectivity index (χ1n) is 3.75. The Hall–Kier alpha value is -0.730. The van der Waals surface area contributed by atoms with E-state index in [0.29, 0.717) is 6.42 Å². The van der Waals surface area contributed by atoms with Crippen LogP contribution in [0.1, 0.15) is 13.3 Å². The number of benzene rings is 1. The predicted molar refractivity (Wildman–Crippen MR) is 55.9 cm³/mol. The minimum absolute atomic E-state index is 0.245. The van der Waals surface area contributed by atoms with Gasteiger partial charge in [-0.3, -0.25) is 4.79 Å². The zero-order valence-corrected chi connectivity index (χ0v) is 8.77. The molecule has 0 spiro atoms. The SMILES string of the molecule is CCC(N)=O.Clc1ccc(Cl)cc1. The van der Waals surface area contributed by atoms with Gasteiger partial charge in [0.2, 0.25) is 5.91 Å². The highest BCUT2D eigenvalue weighted by atomic mass is 35.5. The van der Waals surface area contributed by atoms with Crippen molar-refractivity contribution in [1.82, 2.24) is 0 Å². The van der Waals surface area contributed by atoms with Crippen LogP contribution in [0.2, 0.25) is 10.0 Å². The molecule has 1 rings (SSSR count). The minimum Gasteiger partial charge on any atom is -0.370 e. The normalized spacial score (nSPS) is 8.54. The smallest absolute Gasteiger partial charge is 0.217 e. The third-order valence-electron chi connectivity index (χ3n) is 1.15. The van der Waals surface area contributed by atoms with E-state index in [1.165, 1.54) is 0 Å². The van der Waals surface area contributed by atoms with Crippen molar-refractivity contribution >= 4 is 29.1 Å². The van der Waals surface area contributed by atoms with E-state index in [1.807, 2.05) is 0 Å². The fourth-order valence-electron chi connectivity index (χ4n) is 0.430. The summed E-state index contributed by atoms with van der Waals surface area (Å²) in [4.78, 5) is 9.59.